The van der Waals surface area contributed by atoms with Crippen LogP contribution in [0.1, 0.15) is 39.2 Å². The molecule has 0 amide bonds. The Morgan fingerprint density at radius 3 is 2.53 bits per heavy atom. The van der Waals surface area contributed by atoms with E-state index in [1.807, 2.05) is 26.0 Å². The van der Waals surface area contributed by atoms with Gasteiger partial charge in [0.1, 0.15) is 0 Å². The number of fused-ring (bicyclic) bond motifs is 1. The lowest BCUT2D eigenvalue weighted by Gasteiger charge is -2.03. The molecule has 1 aromatic carbocycles. The number of aromatic amines is 1. The van der Waals surface area contributed by atoms with E-state index in [4.69, 9.17) is 4.52 Å². The summed E-state index contributed by atoms with van der Waals surface area (Å²) in [6.07, 6.45) is 0. The van der Waals surface area contributed by atoms with Crippen molar-refractivity contribution in [3.8, 4) is 0 Å². The number of rotatable bonds is 1. The van der Waals surface area contributed by atoms with Crippen molar-refractivity contribution in [1.29, 1.82) is 0 Å². The molecule has 0 aliphatic rings. The van der Waals surface area contributed by atoms with Gasteiger partial charge in [0.05, 0.1) is 5.39 Å². The quantitative estimate of drug-likeness (QED) is 0.780. The van der Waals surface area contributed by atoms with Gasteiger partial charge in [-0.2, -0.15) is 5.16 Å². The monoisotopic (exact) mass is 207 g/mol. The third-order valence-electron chi connectivity index (χ3n) is 2.16. The second-order valence-electron chi connectivity index (χ2n) is 3.41. The Morgan fingerprint density at radius 2 is 1.93 bits per heavy atom. The zero-order valence-electron chi connectivity index (χ0n) is 9.63. The third kappa shape index (κ3) is 2.12. The molecule has 0 aliphatic heterocycles. The topological polar surface area (TPSA) is 46.0 Å². The van der Waals surface area contributed by atoms with Crippen LogP contribution in [-0.4, -0.2) is 5.16 Å². The molecule has 3 heteroatoms. The van der Waals surface area contributed by atoms with Gasteiger partial charge in [-0.15, -0.1) is 0 Å². The fraction of sp³-hybridized carbons (Fsp3) is 0.417. The van der Waals surface area contributed by atoms with Crippen LogP contribution in [0.5, 0.6) is 0 Å². The summed E-state index contributed by atoms with van der Waals surface area (Å²) in [6, 6.07) is 5.64. The number of hydrogen-bond donors (Lipinski definition) is 1. The normalized spacial score (nSPS) is 10.2. The van der Waals surface area contributed by atoms with Gasteiger partial charge in [-0.25, -0.2) is 0 Å². The number of H-pyrrole nitrogens is 1. The molecule has 0 atom stereocenters. The molecule has 0 aliphatic carbocycles. The van der Waals surface area contributed by atoms with Crippen LogP contribution >= 0.6 is 0 Å². The summed E-state index contributed by atoms with van der Waals surface area (Å²) in [7, 11) is 0. The molecule has 1 heterocycles. The maximum atomic E-state index is 11.4. The van der Waals surface area contributed by atoms with Crippen molar-refractivity contribution in [2.24, 2.45) is 0 Å². The van der Waals surface area contributed by atoms with E-state index < -0.39 is 0 Å². The summed E-state index contributed by atoms with van der Waals surface area (Å²) in [5.41, 5.74) is 1.53. The van der Waals surface area contributed by atoms with E-state index in [0.717, 1.165) is 5.56 Å². The predicted octanol–water partition coefficient (Wildman–Crippen LogP) is 3.27. The van der Waals surface area contributed by atoms with Gasteiger partial charge in [0.25, 0.3) is 5.56 Å². The molecule has 0 unspecified atom stereocenters. The van der Waals surface area contributed by atoms with Crippen LogP contribution in [0.25, 0.3) is 11.0 Å². The maximum absolute atomic E-state index is 11.4. The van der Waals surface area contributed by atoms with Gasteiger partial charge in [-0.1, -0.05) is 39.8 Å². The predicted molar refractivity (Wildman–Crippen MR) is 62.3 cm³/mol. The molecule has 82 valence electrons. The molecule has 15 heavy (non-hydrogen) atoms. The van der Waals surface area contributed by atoms with E-state index in [1.165, 1.54) is 0 Å². The van der Waals surface area contributed by atoms with Gasteiger partial charge in [0.15, 0.2) is 5.58 Å². The number of hydrogen-bond acceptors (Lipinski definition) is 2. The Labute approximate surface area is 89.1 Å². The second-order valence-corrected chi connectivity index (χ2v) is 3.41. The highest BCUT2D eigenvalue weighted by Gasteiger charge is 2.10. The van der Waals surface area contributed by atoms with Crippen molar-refractivity contribution in [1.82, 2.24) is 5.16 Å². The maximum Gasteiger partial charge on any atom is 0.288 e. The van der Waals surface area contributed by atoms with Crippen LogP contribution in [0.15, 0.2) is 27.5 Å². The van der Waals surface area contributed by atoms with Crippen molar-refractivity contribution >= 4 is 11.0 Å². The smallest absolute Gasteiger partial charge is 0.288 e. The molecule has 2 rings (SSSR count). The van der Waals surface area contributed by atoms with Gasteiger partial charge in [-0.05, 0) is 17.5 Å². The minimum atomic E-state index is -0.140. The average Bonchev–Trinajstić information content (AvgIpc) is 2.63. The van der Waals surface area contributed by atoms with E-state index in [0.29, 0.717) is 16.9 Å². The minimum absolute atomic E-state index is 0.140. The SMILES string of the molecule is CC.CC(C)c1cccc2o[nH]c(=O)c12. The molecule has 0 bridgehead atoms. The van der Waals surface area contributed by atoms with Crippen LogP contribution in [0.2, 0.25) is 0 Å². The van der Waals surface area contributed by atoms with Gasteiger partial charge < -0.3 is 4.52 Å². The number of aromatic nitrogens is 1. The van der Waals surface area contributed by atoms with Crippen molar-refractivity contribution in [2.75, 3.05) is 0 Å². The lowest BCUT2D eigenvalue weighted by atomic mass is 10.00. The van der Waals surface area contributed by atoms with Gasteiger partial charge in [0, 0.05) is 0 Å². The Kier molecular flexibility index (Phi) is 3.72. The minimum Gasteiger partial charge on any atom is -0.378 e. The first kappa shape index (κ1) is 11.6. The van der Waals surface area contributed by atoms with E-state index in [2.05, 4.69) is 19.0 Å². The fourth-order valence-electron chi connectivity index (χ4n) is 1.51. The van der Waals surface area contributed by atoms with E-state index in [-0.39, 0.29) is 5.56 Å². The van der Waals surface area contributed by atoms with Crippen LogP contribution < -0.4 is 5.56 Å². The van der Waals surface area contributed by atoms with Crippen molar-refractivity contribution in [3.05, 3.63) is 34.1 Å². The molecule has 2 aromatic rings. The molecule has 1 N–H and O–H groups in total. The molecule has 0 saturated carbocycles. The first-order chi connectivity index (χ1) is 7.20. The highest BCUT2D eigenvalue weighted by molar-refractivity contribution is 5.80. The Hall–Kier alpha value is -1.51. The highest BCUT2D eigenvalue weighted by atomic mass is 16.5. The van der Waals surface area contributed by atoms with Crippen LogP contribution in [0.4, 0.5) is 0 Å². The van der Waals surface area contributed by atoms with Gasteiger partial charge in [0.2, 0.25) is 0 Å². The summed E-state index contributed by atoms with van der Waals surface area (Å²) < 4.78 is 5.00. The first-order valence-corrected chi connectivity index (χ1v) is 5.30. The molecule has 0 fully saturated rings. The summed E-state index contributed by atoms with van der Waals surface area (Å²) in [4.78, 5) is 11.4. The lowest BCUT2D eigenvalue weighted by Crippen LogP contribution is -2.01. The van der Waals surface area contributed by atoms with Gasteiger partial charge >= 0.3 is 0 Å². The molecule has 0 spiro atoms. The molecular weight excluding hydrogens is 190 g/mol. The molecule has 1 aromatic heterocycles. The summed E-state index contributed by atoms with van der Waals surface area (Å²) in [5.74, 6) is 0.336. The van der Waals surface area contributed by atoms with Crippen molar-refractivity contribution in [3.63, 3.8) is 0 Å². The van der Waals surface area contributed by atoms with Crippen LogP contribution in [-0.2, 0) is 0 Å². The summed E-state index contributed by atoms with van der Waals surface area (Å²) in [5, 5.41) is 3.02. The molecule has 0 saturated heterocycles. The van der Waals surface area contributed by atoms with Gasteiger partial charge in [-0.3, -0.25) is 4.79 Å². The Balaban J connectivity index is 0.000000531. The summed E-state index contributed by atoms with van der Waals surface area (Å²) >= 11 is 0. The number of nitrogens with one attached hydrogen (secondary N) is 1. The molecular formula is C12H17NO2. The van der Waals surface area contributed by atoms with E-state index in [1.54, 1.807) is 6.07 Å². The van der Waals surface area contributed by atoms with Crippen LogP contribution in [0.3, 0.4) is 0 Å². The zero-order valence-corrected chi connectivity index (χ0v) is 9.63. The van der Waals surface area contributed by atoms with Crippen molar-refractivity contribution in [2.45, 2.75) is 33.6 Å². The second kappa shape index (κ2) is 4.82. The standard InChI is InChI=1S/C10H11NO2.C2H6/c1-6(2)7-4-3-5-8-9(7)10(12)11-13-8;1-2/h3-6H,1-2H3,(H,11,12);1-2H3. The molecule has 3 nitrogen and oxygen atoms in total. The zero-order chi connectivity index (χ0) is 11.4. The Bertz CT molecular complexity index is 480. The first-order valence-electron chi connectivity index (χ1n) is 5.30. The van der Waals surface area contributed by atoms with E-state index >= 15 is 0 Å². The molecule has 0 radical (unpaired) electrons. The summed E-state index contributed by atoms with van der Waals surface area (Å²) in [6.45, 7) is 8.11. The number of benzene rings is 1. The average molecular weight is 207 g/mol. The van der Waals surface area contributed by atoms with Crippen LogP contribution in [0, 0.1) is 0 Å². The largest absolute Gasteiger partial charge is 0.378 e. The van der Waals surface area contributed by atoms with E-state index in [9.17, 15) is 4.79 Å². The Morgan fingerprint density at radius 1 is 1.27 bits per heavy atom. The van der Waals surface area contributed by atoms with Crippen molar-refractivity contribution < 1.29 is 4.52 Å². The fourth-order valence-corrected chi connectivity index (χ4v) is 1.51. The third-order valence-corrected chi connectivity index (χ3v) is 2.16. The lowest BCUT2D eigenvalue weighted by molar-refractivity contribution is 0.449. The highest BCUT2D eigenvalue weighted by Crippen LogP contribution is 2.21.